The van der Waals surface area contributed by atoms with Crippen molar-refractivity contribution in [2.45, 2.75) is 126 Å². The summed E-state index contributed by atoms with van der Waals surface area (Å²) in [6, 6.07) is 15.6. The molecule has 0 aromatic heterocycles. The predicted molar refractivity (Wildman–Crippen MR) is 201 cm³/mol. The van der Waals surface area contributed by atoms with Gasteiger partial charge in [-0.25, -0.2) is 9.59 Å². The molecule has 7 rings (SSSR count). The molecule has 2 aromatic rings. The van der Waals surface area contributed by atoms with Crippen molar-refractivity contribution in [1.29, 1.82) is 0 Å². The van der Waals surface area contributed by atoms with Gasteiger partial charge in [0.15, 0.2) is 0 Å². The van der Waals surface area contributed by atoms with Crippen LogP contribution in [0.3, 0.4) is 0 Å². The van der Waals surface area contributed by atoms with E-state index in [0.717, 1.165) is 43.2 Å². The Morgan fingerprint density at radius 3 is 1.94 bits per heavy atom. The zero-order valence-electron chi connectivity index (χ0n) is 32.2. The van der Waals surface area contributed by atoms with Crippen molar-refractivity contribution in [3.05, 3.63) is 82.9 Å². The second kappa shape index (κ2) is 12.4. The van der Waals surface area contributed by atoms with E-state index < -0.39 is 0 Å². The van der Waals surface area contributed by atoms with Gasteiger partial charge in [-0.15, -0.1) is 0 Å². The number of esters is 2. The van der Waals surface area contributed by atoms with Gasteiger partial charge in [0.25, 0.3) is 0 Å². The number of hydrogen-bond acceptors (Lipinski definition) is 4. The molecule has 0 spiro atoms. The molecule has 4 nitrogen and oxygen atoms in total. The minimum Gasteiger partial charge on any atom is -0.461 e. The van der Waals surface area contributed by atoms with Crippen LogP contribution in [0.1, 0.15) is 138 Å². The molecule has 5 fully saturated rings. The summed E-state index contributed by atoms with van der Waals surface area (Å²) in [7, 11) is 0. The molecule has 0 radical (unpaired) electrons. The number of aryl methyl sites for hydroxylation is 2. The fourth-order valence-electron chi connectivity index (χ4n) is 13.6. The molecule has 0 amide bonds. The highest BCUT2D eigenvalue weighted by atomic mass is 16.5. The van der Waals surface area contributed by atoms with Crippen LogP contribution in [0.4, 0.5) is 0 Å². The predicted octanol–water partition coefficient (Wildman–Crippen LogP) is 11.3. The van der Waals surface area contributed by atoms with E-state index in [1.807, 2.05) is 62.4 Å². The summed E-state index contributed by atoms with van der Waals surface area (Å²) in [4.78, 5) is 26.6. The summed E-state index contributed by atoms with van der Waals surface area (Å²) in [5.41, 5.74) is 5.51. The van der Waals surface area contributed by atoms with E-state index >= 15 is 0 Å². The molecule has 50 heavy (non-hydrogen) atoms. The molecule has 0 saturated heterocycles. The molecule has 5 aliphatic rings. The molecule has 5 aliphatic carbocycles. The lowest BCUT2D eigenvalue weighted by molar-refractivity contribution is -0.249. The van der Waals surface area contributed by atoms with Gasteiger partial charge in [-0.2, -0.15) is 0 Å². The number of ether oxygens (including phenoxy) is 2. The smallest absolute Gasteiger partial charge is 0.338 e. The maximum absolute atomic E-state index is 13.3. The third-order valence-electron chi connectivity index (χ3n) is 16.5. The average Bonchev–Trinajstić information content (AvgIpc) is 3.46. The Kier molecular flexibility index (Phi) is 8.79. The van der Waals surface area contributed by atoms with Crippen LogP contribution in [-0.2, 0) is 9.47 Å². The number of rotatable bonds is 6. The maximum Gasteiger partial charge on any atom is 0.338 e. The first-order valence-corrected chi connectivity index (χ1v) is 19.7. The van der Waals surface area contributed by atoms with Gasteiger partial charge in [0.05, 0.1) is 17.7 Å². The van der Waals surface area contributed by atoms with Crippen LogP contribution in [0.2, 0.25) is 0 Å². The van der Waals surface area contributed by atoms with Gasteiger partial charge >= 0.3 is 11.9 Å². The molecule has 0 N–H and O–H groups in total. The largest absolute Gasteiger partial charge is 0.461 e. The number of fused-ring (bicyclic) bond motifs is 7. The minimum absolute atomic E-state index is 0.0276. The first-order valence-electron chi connectivity index (χ1n) is 19.7. The van der Waals surface area contributed by atoms with Crippen molar-refractivity contribution in [1.82, 2.24) is 0 Å². The van der Waals surface area contributed by atoms with Gasteiger partial charge in [0, 0.05) is 10.8 Å². The Balaban J connectivity index is 1.13. The zero-order chi connectivity index (χ0) is 35.9. The second-order valence-electron chi connectivity index (χ2n) is 19.1. The van der Waals surface area contributed by atoms with E-state index in [0.29, 0.717) is 47.3 Å². The van der Waals surface area contributed by atoms with Crippen molar-refractivity contribution < 1.29 is 19.1 Å². The fourth-order valence-corrected chi connectivity index (χ4v) is 13.6. The average molecular weight is 679 g/mol. The Morgan fingerprint density at radius 2 is 1.32 bits per heavy atom. The van der Waals surface area contributed by atoms with E-state index in [1.165, 1.54) is 37.7 Å². The van der Waals surface area contributed by atoms with Crippen molar-refractivity contribution in [3.63, 3.8) is 0 Å². The Hall–Kier alpha value is -2.88. The molecule has 10 atom stereocenters. The van der Waals surface area contributed by atoms with Gasteiger partial charge in [0.2, 0.25) is 0 Å². The van der Waals surface area contributed by atoms with Gasteiger partial charge in [-0.05, 0) is 155 Å². The molecule has 270 valence electrons. The van der Waals surface area contributed by atoms with E-state index in [9.17, 15) is 9.59 Å². The standard InChI is InChI=1S/C46H62O4/c1-29(2)34-20-25-46(28-49-40(47)32-14-10-30(3)11-15-32)27-26-44(8)35(39(34)46)18-19-37-43(7)23-22-38(42(5,6)36(43)21-24-45(37,44)9)50-41(48)33-16-12-31(4)13-17-33/h10-17,34-39H,1,18-28H2,2-9H3/t34-,35+,36?,37?,38-,39+,43-,44+,45+,46+/m0/s1. The number of benzene rings is 2. The van der Waals surface area contributed by atoms with Crippen LogP contribution in [0, 0.1) is 70.5 Å². The second-order valence-corrected chi connectivity index (χ2v) is 19.1. The lowest BCUT2D eigenvalue weighted by Crippen LogP contribution is -2.67. The zero-order valence-corrected chi connectivity index (χ0v) is 32.2. The third kappa shape index (κ3) is 5.35. The molecular weight excluding hydrogens is 617 g/mol. The van der Waals surface area contributed by atoms with E-state index in [4.69, 9.17) is 9.47 Å². The molecule has 2 aromatic carbocycles. The van der Waals surface area contributed by atoms with Crippen LogP contribution in [0.25, 0.3) is 0 Å². The van der Waals surface area contributed by atoms with Crippen LogP contribution >= 0.6 is 0 Å². The van der Waals surface area contributed by atoms with Crippen LogP contribution in [0.5, 0.6) is 0 Å². The molecule has 2 unspecified atom stereocenters. The number of allylic oxidation sites excluding steroid dienone is 1. The van der Waals surface area contributed by atoms with E-state index in [2.05, 4.69) is 48.1 Å². The van der Waals surface area contributed by atoms with E-state index in [-0.39, 0.29) is 45.1 Å². The maximum atomic E-state index is 13.3. The Morgan fingerprint density at radius 1 is 0.700 bits per heavy atom. The molecular formula is C46H62O4. The summed E-state index contributed by atoms with van der Waals surface area (Å²) in [5.74, 6) is 2.37. The van der Waals surface area contributed by atoms with Crippen molar-refractivity contribution in [3.8, 4) is 0 Å². The molecule has 4 heteroatoms. The molecule has 0 heterocycles. The SMILES string of the molecule is C=C(C)[C@@H]1CC[C@]2(COC(=O)c3ccc(C)cc3)CC[C@]3(C)[C@H](CCC4[C@@]5(C)CC[C@H](OC(=O)c6ccc(C)cc6)C(C)(C)C5CC[C@]43C)[C@@H]12. The van der Waals surface area contributed by atoms with Gasteiger partial charge in [0.1, 0.15) is 6.10 Å². The lowest BCUT2D eigenvalue weighted by Gasteiger charge is -2.73. The van der Waals surface area contributed by atoms with Crippen LogP contribution < -0.4 is 0 Å². The van der Waals surface area contributed by atoms with Crippen molar-refractivity contribution in [2.75, 3.05) is 6.61 Å². The van der Waals surface area contributed by atoms with E-state index in [1.54, 1.807) is 0 Å². The Labute approximate surface area is 302 Å². The fraction of sp³-hybridized carbons (Fsp3) is 0.652. The van der Waals surface area contributed by atoms with Crippen molar-refractivity contribution in [2.24, 2.45) is 56.7 Å². The first kappa shape index (κ1) is 35.5. The molecule has 5 saturated carbocycles. The highest BCUT2D eigenvalue weighted by Gasteiger charge is 2.71. The van der Waals surface area contributed by atoms with Gasteiger partial charge in [-0.1, -0.05) is 82.2 Å². The topological polar surface area (TPSA) is 52.6 Å². The van der Waals surface area contributed by atoms with Crippen LogP contribution in [0.15, 0.2) is 60.7 Å². The van der Waals surface area contributed by atoms with Gasteiger partial charge < -0.3 is 9.47 Å². The first-order chi connectivity index (χ1) is 23.6. The van der Waals surface area contributed by atoms with Crippen LogP contribution in [-0.4, -0.2) is 24.6 Å². The monoisotopic (exact) mass is 678 g/mol. The summed E-state index contributed by atoms with van der Waals surface area (Å²) in [6.07, 6.45) is 11.5. The number of carbonyl (C=O) groups excluding carboxylic acids is 2. The molecule has 0 aliphatic heterocycles. The summed E-state index contributed by atoms with van der Waals surface area (Å²) in [5, 5.41) is 0. The van der Waals surface area contributed by atoms with Crippen molar-refractivity contribution >= 4 is 11.9 Å². The minimum atomic E-state index is -0.185. The number of hydrogen-bond donors (Lipinski definition) is 0. The summed E-state index contributed by atoms with van der Waals surface area (Å²) < 4.78 is 12.6. The molecule has 0 bridgehead atoms. The normalized spacial score (nSPS) is 40.0. The highest BCUT2D eigenvalue weighted by Crippen LogP contribution is 2.77. The summed E-state index contributed by atoms with van der Waals surface area (Å²) >= 11 is 0. The Bertz CT molecular complexity index is 1640. The third-order valence-corrected chi connectivity index (χ3v) is 16.5. The quantitative estimate of drug-likeness (QED) is 0.225. The van der Waals surface area contributed by atoms with Gasteiger partial charge in [-0.3, -0.25) is 0 Å². The lowest BCUT2D eigenvalue weighted by atomic mass is 9.32. The number of carbonyl (C=O) groups is 2. The summed E-state index contributed by atoms with van der Waals surface area (Å²) in [6.45, 7) is 24.2. The highest BCUT2D eigenvalue weighted by molar-refractivity contribution is 5.90.